The average Bonchev–Trinajstić information content (AvgIpc) is 2.64. The predicted octanol–water partition coefficient (Wildman–Crippen LogP) is 3.13. The molecule has 1 aromatic heterocycles. The monoisotopic (exact) mass is 373 g/mol. The molecule has 0 radical (unpaired) electrons. The van der Waals surface area contributed by atoms with Crippen LogP contribution >= 0.6 is 0 Å². The number of hydrogen-bond acceptors (Lipinski definition) is 4. The summed E-state index contributed by atoms with van der Waals surface area (Å²) in [7, 11) is -3.56. The Bertz CT molecular complexity index is 919. The maximum absolute atomic E-state index is 13.0. The predicted molar refractivity (Wildman–Crippen MR) is 101 cm³/mol. The first-order chi connectivity index (χ1) is 12.4. The maximum atomic E-state index is 13.0. The van der Waals surface area contributed by atoms with E-state index in [1.54, 1.807) is 31.2 Å². The molecule has 0 unspecified atom stereocenters. The standard InChI is InChI=1S/C19H23N3O3S/c1-14-9-10-16(21-19(23)17-8-6-7-15(2)20-17)13-18(14)26(24,25)22-11-4-3-5-12-22/h6-10,13H,3-5,11-12H2,1-2H3,(H,21,23). The molecule has 7 heteroatoms. The van der Waals surface area contributed by atoms with Crippen molar-refractivity contribution in [3.63, 3.8) is 0 Å². The molecule has 0 saturated carbocycles. The zero-order valence-electron chi connectivity index (χ0n) is 15.0. The van der Waals surface area contributed by atoms with E-state index < -0.39 is 10.0 Å². The van der Waals surface area contributed by atoms with Crippen molar-refractivity contribution >= 4 is 21.6 Å². The molecule has 0 aliphatic carbocycles. The fourth-order valence-electron chi connectivity index (χ4n) is 3.06. The number of anilines is 1. The Balaban J connectivity index is 1.86. The van der Waals surface area contributed by atoms with Gasteiger partial charge in [-0.15, -0.1) is 0 Å². The Morgan fingerprint density at radius 1 is 1.08 bits per heavy atom. The molecule has 1 saturated heterocycles. The minimum Gasteiger partial charge on any atom is -0.321 e. The quantitative estimate of drug-likeness (QED) is 0.893. The lowest BCUT2D eigenvalue weighted by Crippen LogP contribution is -2.36. The Morgan fingerprint density at radius 2 is 1.81 bits per heavy atom. The third-order valence-corrected chi connectivity index (χ3v) is 6.54. The van der Waals surface area contributed by atoms with Crippen LogP contribution in [0.25, 0.3) is 0 Å². The van der Waals surface area contributed by atoms with Crippen LogP contribution in [-0.4, -0.2) is 36.7 Å². The summed E-state index contributed by atoms with van der Waals surface area (Å²) < 4.78 is 27.5. The summed E-state index contributed by atoms with van der Waals surface area (Å²) in [6.45, 7) is 4.67. The highest BCUT2D eigenvalue weighted by Crippen LogP contribution is 2.26. The van der Waals surface area contributed by atoms with Crippen LogP contribution in [-0.2, 0) is 10.0 Å². The lowest BCUT2D eigenvalue weighted by Gasteiger charge is -2.26. The van der Waals surface area contributed by atoms with Crippen molar-refractivity contribution in [2.24, 2.45) is 0 Å². The Labute approximate surface area is 154 Å². The molecule has 26 heavy (non-hydrogen) atoms. The topological polar surface area (TPSA) is 79.4 Å². The van der Waals surface area contributed by atoms with Gasteiger partial charge in [-0.2, -0.15) is 4.31 Å². The van der Waals surface area contributed by atoms with Gasteiger partial charge in [0, 0.05) is 24.5 Å². The number of aryl methyl sites for hydroxylation is 2. The number of sulfonamides is 1. The van der Waals surface area contributed by atoms with Crippen LogP contribution in [0.15, 0.2) is 41.3 Å². The summed E-state index contributed by atoms with van der Waals surface area (Å²) in [5.74, 6) is -0.362. The number of amides is 1. The van der Waals surface area contributed by atoms with Crippen molar-refractivity contribution in [3.8, 4) is 0 Å². The number of hydrogen-bond donors (Lipinski definition) is 1. The van der Waals surface area contributed by atoms with Gasteiger partial charge in [0.05, 0.1) is 4.90 Å². The first-order valence-corrected chi connectivity index (χ1v) is 10.2. The molecule has 2 aromatic rings. The number of pyridine rings is 1. The van der Waals surface area contributed by atoms with Crippen LogP contribution in [0.5, 0.6) is 0 Å². The van der Waals surface area contributed by atoms with E-state index in [1.807, 2.05) is 13.0 Å². The molecule has 1 N–H and O–H groups in total. The van der Waals surface area contributed by atoms with E-state index >= 15 is 0 Å². The smallest absolute Gasteiger partial charge is 0.274 e. The zero-order chi connectivity index (χ0) is 18.7. The molecular weight excluding hydrogens is 350 g/mol. The van der Waals surface area contributed by atoms with Gasteiger partial charge in [0.2, 0.25) is 10.0 Å². The highest BCUT2D eigenvalue weighted by molar-refractivity contribution is 7.89. The number of nitrogens with one attached hydrogen (secondary N) is 1. The molecule has 3 rings (SSSR count). The lowest BCUT2D eigenvalue weighted by molar-refractivity contribution is 0.102. The van der Waals surface area contributed by atoms with Gasteiger partial charge in [-0.25, -0.2) is 13.4 Å². The third-order valence-electron chi connectivity index (χ3n) is 4.50. The van der Waals surface area contributed by atoms with E-state index in [9.17, 15) is 13.2 Å². The number of carbonyl (C=O) groups excluding carboxylic acids is 1. The van der Waals surface area contributed by atoms with Crippen molar-refractivity contribution in [1.82, 2.24) is 9.29 Å². The molecule has 0 atom stereocenters. The van der Waals surface area contributed by atoms with E-state index in [2.05, 4.69) is 10.3 Å². The van der Waals surface area contributed by atoms with Gasteiger partial charge in [-0.3, -0.25) is 4.79 Å². The Kier molecular flexibility index (Phi) is 5.38. The van der Waals surface area contributed by atoms with Crippen LogP contribution in [0, 0.1) is 13.8 Å². The van der Waals surface area contributed by atoms with Crippen LogP contribution in [0.3, 0.4) is 0 Å². The van der Waals surface area contributed by atoms with E-state index in [4.69, 9.17) is 0 Å². The summed E-state index contributed by atoms with van der Waals surface area (Å²) in [5, 5.41) is 2.74. The molecule has 2 heterocycles. The minimum absolute atomic E-state index is 0.245. The number of aromatic nitrogens is 1. The van der Waals surface area contributed by atoms with Gasteiger partial charge in [0.1, 0.15) is 5.69 Å². The largest absolute Gasteiger partial charge is 0.321 e. The Morgan fingerprint density at radius 3 is 2.50 bits per heavy atom. The van der Waals surface area contributed by atoms with E-state index in [0.29, 0.717) is 30.0 Å². The van der Waals surface area contributed by atoms with E-state index in [-0.39, 0.29) is 10.8 Å². The summed E-state index contributed by atoms with van der Waals surface area (Å²) in [6, 6.07) is 10.2. The van der Waals surface area contributed by atoms with Crippen LogP contribution in [0.2, 0.25) is 0 Å². The average molecular weight is 373 g/mol. The second kappa shape index (κ2) is 7.55. The van der Waals surface area contributed by atoms with Crippen LogP contribution in [0.1, 0.15) is 41.0 Å². The highest BCUT2D eigenvalue weighted by Gasteiger charge is 2.27. The van der Waals surface area contributed by atoms with Crippen LogP contribution in [0.4, 0.5) is 5.69 Å². The molecule has 1 amide bonds. The van der Waals surface area contributed by atoms with Crippen molar-refractivity contribution in [1.29, 1.82) is 0 Å². The number of piperidine rings is 1. The molecule has 1 aliphatic rings. The Hall–Kier alpha value is -2.25. The molecule has 6 nitrogen and oxygen atoms in total. The van der Waals surface area contributed by atoms with Crippen LogP contribution < -0.4 is 5.32 Å². The highest BCUT2D eigenvalue weighted by atomic mass is 32.2. The zero-order valence-corrected chi connectivity index (χ0v) is 15.8. The van der Waals surface area contributed by atoms with Crippen molar-refractivity contribution < 1.29 is 13.2 Å². The fourth-order valence-corrected chi connectivity index (χ4v) is 4.83. The summed E-state index contributed by atoms with van der Waals surface area (Å²) in [6.07, 6.45) is 2.83. The van der Waals surface area contributed by atoms with Crippen molar-refractivity contribution in [2.45, 2.75) is 38.0 Å². The number of rotatable bonds is 4. The molecule has 138 valence electrons. The van der Waals surface area contributed by atoms with Gasteiger partial charge in [0.25, 0.3) is 5.91 Å². The van der Waals surface area contributed by atoms with Gasteiger partial charge in [-0.1, -0.05) is 18.6 Å². The fraction of sp³-hybridized carbons (Fsp3) is 0.368. The lowest BCUT2D eigenvalue weighted by atomic mass is 10.2. The summed E-state index contributed by atoms with van der Waals surface area (Å²) in [4.78, 5) is 16.8. The van der Waals surface area contributed by atoms with E-state index in [1.165, 1.54) is 10.4 Å². The molecular formula is C19H23N3O3S. The summed E-state index contributed by atoms with van der Waals surface area (Å²) in [5.41, 5.74) is 2.16. The number of carbonyl (C=O) groups is 1. The minimum atomic E-state index is -3.56. The normalized spacial score (nSPS) is 15.6. The number of benzene rings is 1. The second-order valence-corrected chi connectivity index (χ2v) is 8.47. The third kappa shape index (κ3) is 3.94. The maximum Gasteiger partial charge on any atom is 0.274 e. The van der Waals surface area contributed by atoms with Gasteiger partial charge in [-0.05, 0) is 56.5 Å². The van der Waals surface area contributed by atoms with Gasteiger partial charge in [0.15, 0.2) is 0 Å². The molecule has 1 aromatic carbocycles. The van der Waals surface area contributed by atoms with Gasteiger partial charge >= 0.3 is 0 Å². The number of nitrogens with zero attached hydrogens (tertiary/aromatic N) is 2. The molecule has 1 fully saturated rings. The second-order valence-electron chi connectivity index (χ2n) is 6.56. The first kappa shape index (κ1) is 18.5. The SMILES string of the molecule is Cc1cccc(C(=O)Nc2ccc(C)c(S(=O)(=O)N3CCCCC3)c2)n1. The van der Waals surface area contributed by atoms with Crippen molar-refractivity contribution in [2.75, 3.05) is 18.4 Å². The first-order valence-electron chi connectivity index (χ1n) is 8.74. The summed E-state index contributed by atoms with van der Waals surface area (Å²) >= 11 is 0. The molecule has 1 aliphatic heterocycles. The molecule has 0 bridgehead atoms. The van der Waals surface area contributed by atoms with E-state index in [0.717, 1.165) is 25.0 Å². The van der Waals surface area contributed by atoms with Gasteiger partial charge < -0.3 is 5.32 Å². The van der Waals surface area contributed by atoms with Crippen molar-refractivity contribution in [3.05, 3.63) is 53.3 Å². The molecule has 0 spiro atoms.